The van der Waals surface area contributed by atoms with Crippen LogP contribution in [-0.4, -0.2) is 27.3 Å². The molecule has 0 bridgehead atoms. The van der Waals surface area contributed by atoms with Crippen molar-refractivity contribution in [1.29, 1.82) is 0 Å². The second-order valence-electron chi connectivity index (χ2n) is 6.51. The molecule has 0 spiro atoms. The molecule has 2 aromatic heterocycles. The molecule has 0 amide bonds. The average Bonchev–Trinajstić information content (AvgIpc) is 3.15. The molecule has 0 unspecified atom stereocenters. The summed E-state index contributed by atoms with van der Waals surface area (Å²) in [4.78, 5) is 16.7. The van der Waals surface area contributed by atoms with Gasteiger partial charge < -0.3 is 4.74 Å². The van der Waals surface area contributed by atoms with Gasteiger partial charge in [0.1, 0.15) is 0 Å². The summed E-state index contributed by atoms with van der Waals surface area (Å²) in [5, 5.41) is 4.91. The van der Waals surface area contributed by atoms with Crippen molar-refractivity contribution < 1.29 is 9.53 Å². The van der Waals surface area contributed by atoms with Gasteiger partial charge in [0.05, 0.1) is 36.3 Å². The average molecular weight is 383 g/mol. The fourth-order valence-corrected chi connectivity index (χ4v) is 3.36. The molecule has 0 N–H and O–H groups in total. The summed E-state index contributed by atoms with van der Waals surface area (Å²) in [6, 6.07) is 23.7. The van der Waals surface area contributed by atoms with E-state index in [2.05, 4.69) is 4.98 Å². The second kappa shape index (κ2) is 8.52. The number of aromatic nitrogens is 3. The van der Waals surface area contributed by atoms with Crippen molar-refractivity contribution in [3.05, 3.63) is 90.8 Å². The third-order valence-corrected chi connectivity index (χ3v) is 4.59. The van der Waals surface area contributed by atoms with Crippen molar-refractivity contribution in [3.8, 4) is 28.2 Å². The van der Waals surface area contributed by atoms with Gasteiger partial charge in [-0.2, -0.15) is 5.10 Å². The lowest BCUT2D eigenvalue weighted by Gasteiger charge is -2.10. The first-order valence-electron chi connectivity index (χ1n) is 9.56. The molecular weight excluding hydrogens is 362 g/mol. The minimum atomic E-state index is -0.271. The summed E-state index contributed by atoms with van der Waals surface area (Å²) in [5.41, 5.74) is 5.23. The Morgan fingerprint density at radius 2 is 1.62 bits per heavy atom. The van der Waals surface area contributed by atoms with Crippen LogP contribution in [0.3, 0.4) is 0 Å². The number of carbonyl (C=O) groups excluding carboxylic acids is 1. The standard InChI is InChI=1S/C24H21N3O2/c1-2-29-22(28)16-21-23(18-10-5-3-6-11-18)26-27(20-14-9-15-25-17-20)24(21)19-12-7-4-8-13-19/h3-15,17H,2,16H2,1H3. The maximum atomic E-state index is 12.5. The number of hydrogen-bond donors (Lipinski definition) is 0. The van der Waals surface area contributed by atoms with Gasteiger partial charge in [-0.15, -0.1) is 0 Å². The van der Waals surface area contributed by atoms with E-state index in [9.17, 15) is 4.79 Å². The first-order chi connectivity index (χ1) is 14.3. The van der Waals surface area contributed by atoms with Crippen molar-refractivity contribution >= 4 is 5.97 Å². The van der Waals surface area contributed by atoms with Gasteiger partial charge in [0.25, 0.3) is 0 Å². The van der Waals surface area contributed by atoms with E-state index in [0.717, 1.165) is 33.8 Å². The number of pyridine rings is 1. The Labute approximate surface area is 169 Å². The fourth-order valence-electron chi connectivity index (χ4n) is 3.36. The summed E-state index contributed by atoms with van der Waals surface area (Å²) < 4.78 is 7.11. The molecule has 0 aliphatic carbocycles. The van der Waals surface area contributed by atoms with Crippen LogP contribution in [0, 0.1) is 0 Å². The molecule has 0 radical (unpaired) electrons. The molecule has 0 fully saturated rings. The van der Waals surface area contributed by atoms with Crippen molar-refractivity contribution in [2.24, 2.45) is 0 Å². The summed E-state index contributed by atoms with van der Waals surface area (Å²) in [5.74, 6) is -0.271. The zero-order valence-electron chi connectivity index (χ0n) is 16.2. The summed E-state index contributed by atoms with van der Waals surface area (Å²) in [6.45, 7) is 2.16. The lowest BCUT2D eigenvalue weighted by atomic mass is 9.99. The van der Waals surface area contributed by atoms with Gasteiger partial charge in [0, 0.05) is 22.9 Å². The van der Waals surface area contributed by atoms with Crippen molar-refractivity contribution in [2.75, 3.05) is 6.61 Å². The molecule has 4 aromatic rings. The summed E-state index contributed by atoms with van der Waals surface area (Å²) >= 11 is 0. The summed E-state index contributed by atoms with van der Waals surface area (Å²) in [6.07, 6.45) is 3.64. The molecular formula is C24H21N3O2. The van der Waals surface area contributed by atoms with Crippen LogP contribution in [0.2, 0.25) is 0 Å². The largest absolute Gasteiger partial charge is 0.466 e. The highest BCUT2D eigenvalue weighted by molar-refractivity contribution is 5.83. The molecule has 4 rings (SSSR count). The van der Waals surface area contributed by atoms with Crippen LogP contribution in [0.25, 0.3) is 28.2 Å². The highest BCUT2D eigenvalue weighted by Gasteiger charge is 2.23. The van der Waals surface area contributed by atoms with Gasteiger partial charge in [-0.1, -0.05) is 60.7 Å². The monoisotopic (exact) mass is 383 g/mol. The van der Waals surface area contributed by atoms with Crippen LogP contribution >= 0.6 is 0 Å². The van der Waals surface area contributed by atoms with Crippen LogP contribution in [0.4, 0.5) is 0 Å². The second-order valence-corrected chi connectivity index (χ2v) is 6.51. The van der Waals surface area contributed by atoms with Gasteiger partial charge in [0.2, 0.25) is 0 Å². The Morgan fingerprint density at radius 3 is 2.24 bits per heavy atom. The zero-order chi connectivity index (χ0) is 20.1. The zero-order valence-corrected chi connectivity index (χ0v) is 16.2. The highest BCUT2D eigenvalue weighted by Crippen LogP contribution is 2.34. The maximum absolute atomic E-state index is 12.5. The number of rotatable bonds is 6. The number of nitrogens with zero attached hydrogens (tertiary/aromatic N) is 3. The summed E-state index contributed by atoms with van der Waals surface area (Å²) in [7, 11) is 0. The number of benzene rings is 2. The molecule has 0 atom stereocenters. The Hall–Kier alpha value is -3.73. The Balaban J connectivity index is 1.98. The Morgan fingerprint density at radius 1 is 0.931 bits per heavy atom. The Bertz CT molecular complexity index is 1090. The molecule has 29 heavy (non-hydrogen) atoms. The van der Waals surface area contributed by atoms with E-state index < -0.39 is 0 Å². The molecule has 0 saturated heterocycles. The molecule has 2 heterocycles. The molecule has 0 aliphatic heterocycles. The van der Waals surface area contributed by atoms with Gasteiger partial charge in [-0.3, -0.25) is 9.78 Å². The van der Waals surface area contributed by atoms with Crippen molar-refractivity contribution in [3.63, 3.8) is 0 Å². The van der Waals surface area contributed by atoms with Gasteiger partial charge in [0.15, 0.2) is 0 Å². The van der Waals surface area contributed by atoms with E-state index >= 15 is 0 Å². The first-order valence-corrected chi connectivity index (χ1v) is 9.56. The topological polar surface area (TPSA) is 57.0 Å². The fraction of sp³-hybridized carbons (Fsp3) is 0.125. The minimum absolute atomic E-state index is 0.141. The molecule has 0 aliphatic rings. The van der Waals surface area contributed by atoms with Crippen LogP contribution in [0.15, 0.2) is 85.2 Å². The normalized spacial score (nSPS) is 10.7. The van der Waals surface area contributed by atoms with Crippen LogP contribution < -0.4 is 0 Å². The first kappa shape index (κ1) is 18.6. The molecule has 144 valence electrons. The molecule has 2 aromatic carbocycles. The van der Waals surface area contributed by atoms with E-state index in [4.69, 9.17) is 9.84 Å². The van der Waals surface area contributed by atoms with Gasteiger partial charge >= 0.3 is 5.97 Å². The van der Waals surface area contributed by atoms with Crippen LogP contribution in [0.1, 0.15) is 12.5 Å². The predicted molar refractivity (Wildman–Crippen MR) is 113 cm³/mol. The van der Waals surface area contributed by atoms with Crippen LogP contribution in [0.5, 0.6) is 0 Å². The van der Waals surface area contributed by atoms with Crippen molar-refractivity contribution in [2.45, 2.75) is 13.3 Å². The van der Waals surface area contributed by atoms with Gasteiger partial charge in [-0.25, -0.2) is 4.68 Å². The molecule has 5 nitrogen and oxygen atoms in total. The van der Waals surface area contributed by atoms with Crippen molar-refractivity contribution in [1.82, 2.24) is 14.8 Å². The van der Waals surface area contributed by atoms with Gasteiger partial charge in [-0.05, 0) is 19.1 Å². The quantitative estimate of drug-likeness (QED) is 0.453. The number of esters is 1. The van der Waals surface area contributed by atoms with E-state index in [0.29, 0.717) is 6.61 Å². The maximum Gasteiger partial charge on any atom is 0.310 e. The highest BCUT2D eigenvalue weighted by atomic mass is 16.5. The number of carbonyl (C=O) groups is 1. The van der Waals surface area contributed by atoms with E-state index in [-0.39, 0.29) is 12.4 Å². The lowest BCUT2D eigenvalue weighted by molar-refractivity contribution is -0.142. The van der Waals surface area contributed by atoms with E-state index in [1.54, 1.807) is 12.4 Å². The smallest absolute Gasteiger partial charge is 0.310 e. The molecule has 0 saturated carbocycles. The van der Waals surface area contributed by atoms with Crippen LogP contribution in [-0.2, 0) is 16.0 Å². The third-order valence-electron chi connectivity index (χ3n) is 4.59. The number of hydrogen-bond acceptors (Lipinski definition) is 4. The lowest BCUT2D eigenvalue weighted by Crippen LogP contribution is -2.09. The number of ether oxygens (including phenoxy) is 1. The van der Waals surface area contributed by atoms with E-state index in [1.807, 2.05) is 84.4 Å². The third kappa shape index (κ3) is 3.94. The molecule has 5 heteroatoms. The minimum Gasteiger partial charge on any atom is -0.466 e. The Kier molecular flexibility index (Phi) is 5.47. The predicted octanol–water partition coefficient (Wildman–Crippen LogP) is 4.71. The van der Waals surface area contributed by atoms with E-state index in [1.165, 1.54) is 0 Å². The SMILES string of the molecule is CCOC(=O)Cc1c(-c2ccccc2)nn(-c2cccnc2)c1-c1ccccc1.